The van der Waals surface area contributed by atoms with Crippen LogP contribution in [0.4, 0.5) is 0 Å². The van der Waals surface area contributed by atoms with Crippen molar-refractivity contribution in [2.45, 2.75) is 6.42 Å². The van der Waals surface area contributed by atoms with Crippen molar-refractivity contribution in [3.8, 4) is 11.5 Å². The molecule has 0 aliphatic carbocycles. The number of carbonyl (C=O) groups is 1. The molecule has 0 saturated carbocycles. The largest absolute Gasteiger partial charge is 0.507 e. The van der Waals surface area contributed by atoms with Crippen molar-refractivity contribution in [2.75, 3.05) is 45.7 Å². The van der Waals surface area contributed by atoms with Crippen LogP contribution in [0, 0.1) is 0 Å². The van der Waals surface area contributed by atoms with Crippen molar-refractivity contribution >= 4 is 17.5 Å². The molecule has 1 fully saturated rings. The van der Waals surface area contributed by atoms with Gasteiger partial charge < -0.3 is 19.6 Å². The number of benzene rings is 1. The van der Waals surface area contributed by atoms with E-state index in [0.29, 0.717) is 30.3 Å². The van der Waals surface area contributed by atoms with Gasteiger partial charge in [0.15, 0.2) is 0 Å². The van der Waals surface area contributed by atoms with Crippen LogP contribution in [-0.4, -0.2) is 66.5 Å². The summed E-state index contributed by atoms with van der Waals surface area (Å²) < 4.78 is 5.12. The number of aromatic hydroxyl groups is 1. The summed E-state index contributed by atoms with van der Waals surface area (Å²) in [5, 5.41) is 9.91. The number of methoxy groups -OCH3 is 1. The van der Waals surface area contributed by atoms with E-state index in [4.69, 9.17) is 16.3 Å². The lowest BCUT2D eigenvalue weighted by atomic mass is 10.1. The zero-order chi connectivity index (χ0) is 15.2. The minimum Gasteiger partial charge on any atom is -0.507 e. The number of amides is 1. The number of alkyl halides is 1. The van der Waals surface area contributed by atoms with E-state index in [9.17, 15) is 9.90 Å². The van der Waals surface area contributed by atoms with Gasteiger partial charge >= 0.3 is 0 Å². The van der Waals surface area contributed by atoms with Crippen molar-refractivity contribution in [2.24, 2.45) is 0 Å². The SMILES string of the molecule is COc1ccc(O)c(C(=O)N2CCCN(CCCl)CC2)c1. The molecule has 0 aromatic heterocycles. The van der Waals surface area contributed by atoms with Crippen LogP contribution in [0.25, 0.3) is 0 Å². The third-order valence-electron chi connectivity index (χ3n) is 3.71. The normalized spacial score (nSPS) is 16.6. The molecular formula is C15H21ClN2O3. The van der Waals surface area contributed by atoms with Gasteiger partial charge in [-0.3, -0.25) is 4.79 Å². The third kappa shape index (κ3) is 4.02. The lowest BCUT2D eigenvalue weighted by Crippen LogP contribution is -2.35. The fourth-order valence-electron chi connectivity index (χ4n) is 2.50. The Morgan fingerprint density at radius 2 is 2.14 bits per heavy atom. The fraction of sp³-hybridized carbons (Fsp3) is 0.533. The van der Waals surface area contributed by atoms with Gasteiger partial charge in [-0.1, -0.05) is 0 Å². The maximum Gasteiger partial charge on any atom is 0.257 e. The molecule has 0 bridgehead atoms. The Kier molecular flexibility index (Phi) is 5.70. The molecule has 5 nitrogen and oxygen atoms in total. The highest BCUT2D eigenvalue weighted by atomic mass is 35.5. The molecule has 2 rings (SSSR count). The first-order chi connectivity index (χ1) is 10.2. The summed E-state index contributed by atoms with van der Waals surface area (Å²) in [5.41, 5.74) is 0.292. The summed E-state index contributed by atoms with van der Waals surface area (Å²) in [4.78, 5) is 16.6. The van der Waals surface area contributed by atoms with Gasteiger partial charge in [-0.15, -0.1) is 11.6 Å². The maximum absolute atomic E-state index is 12.6. The summed E-state index contributed by atoms with van der Waals surface area (Å²) in [5.74, 6) is 1.00. The predicted molar refractivity (Wildman–Crippen MR) is 82.3 cm³/mol. The van der Waals surface area contributed by atoms with E-state index in [1.165, 1.54) is 13.2 Å². The number of ether oxygens (including phenoxy) is 1. The van der Waals surface area contributed by atoms with Crippen LogP contribution in [0.15, 0.2) is 18.2 Å². The number of carbonyl (C=O) groups excluding carboxylic acids is 1. The van der Waals surface area contributed by atoms with Crippen molar-refractivity contribution in [3.05, 3.63) is 23.8 Å². The lowest BCUT2D eigenvalue weighted by molar-refractivity contribution is 0.0758. The molecule has 1 heterocycles. The molecule has 1 aromatic carbocycles. The van der Waals surface area contributed by atoms with Gasteiger partial charge in [0, 0.05) is 32.1 Å². The molecule has 0 atom stereocenters. The minimum absolute atomic E-state index is 0.0114. The summed E-state index contributed by atoms with van der Waals surface area (Å²) in [6, 6.07) is 4.71. The quantitative estimate of drug-likeness (QED) is 0.861. The van der Waals surface area contributed by atoms with Crippen LogP contribution >= 0.6 is 11.6 Å². The number of phenols is 1. The molecule has 1 saturated heterocycles. The molecule has 1 aromatic rings. The molecule has 1 N–H and O–H groups in total. The number of rotatable bonds is 4. The standard InChI is InChI=1S/C15H21ClN2O3/c1-21-12-3-4-14(19)13(11-12)15(20)18-7-2-6-17(8-5-16)9-10-18/h3-4,11,19H,2,5-10H2,1H3. The number of halogens is 1. The van der Waals surface area contributed by atoms with Crippen molar-refractivity contribution < 1.29 is 14.6 Å². The second-order valence-corrected chi connectivity index (χ2v) is 5.44. The van der Waals surface area contributed by atoms with Crippen molar-refractivity contribution in [1.29, 1.82) is 0 Å². The van der Waals surface area contributed by atoms with Crippen LogP contribution in [0.5, 0.6) is 11.5 Å². The first-order valence-corrected chi connectivity index (χ1v) is 7.63. The van der Waals surface area contributed by atoms with Crippen molar-refractivity contribution in [1.82, 2.24) is 9.80 Å². The molecule has 1 amide bonds. The van der Waals surface area contributed by atoms with Gasteiger partial charge in [0.05, 0.1) is 12.7 Å². The van der Waals surface area contributed by atoms with Crippen LogP contribution in [-0.2, 0) is 0 Å². The summed E-state index contributed by atoms with van der Waals surface area (Å²) in [7, 11) is 1.54. The highest BCUT2D eigenvalue weighted by Crippen LogP contribution is 2.24. The molecule has 21 heavy (non-hydrogen) atoms. The Balaban J connectivity index is 2.09. The number of nitrogens with zero attached hydrogens (tertiary/aromatic N) is 2. The Bertz CT molecular complexity index is 496. The Labute approximate surface area is 130 Å². The topological polar surface area (TPSA) is 53.0 Å². The summed E-state index contributed by atoms with van der Waals surface area (Å²) in [6.45, 7) is 3.93. The maximum atomic E-state index is 12.6. The van der Waals surface area contributed by atoms with E-state index in [1.54, 1.807) is 17.0 Å². The van der Waals surface area contributed by atoms with Gasteiger partial charge in [0.25, 0.3) is 5.91 Å². The van der Waals surface area contributed by atoms with E-state index in [-0.39, 0.29) is 11.7 Å². The van der Waals surface area contributed by atoms with Gasteiger partial charge in [0.1, 0.15) is 11.5 Å². The van der Waals surface area contributed by atoms with Crippen LogP contribution in [0.3, 0.4) is 0 Å². The van der Waals surface area contributed by atoms with Crippen LogP contribution in [0.2, 0.25) is 0 Å². The van der Waals surface area contributed by atoms with Gasteiger partial charge in [-0.2, -0.15) is 0 Å². The Morgan fingerprint density at radius 1 is 1.33 bits per heavy atom. The molecule has 116 valence electrons. The lowest BCUT2D eigenvalue weighted by Gasteiger charge is -2.22. The smallest absolute Gasteiger partial charge is 0.257 e. The van der Waals surface area contributed by atoms with Crippen LogP contribution < -0.4 is 4.74 Å². The molecule has 1 aliphatic heterocycles. The molecule has 0 spiro atoms. The highest BCUT2D eigenvalue weighted by molar-refractivity contribution is 6.18. The number of hydrogen-bond acceptors (Lipinski definition) is 4. The average Bonchev–Trinajstić information content (AvgIpc) is 2.73. The van der Waals surface area contributed by atoms with E-state index in [1.807, 2.05) is 0 Å². The second kappa shape index (κ2) is 7.52. The number of phenolic OH excluding ortho intramolecular Hbond substituents is 1. The molecular weight excluding hydrogens is 292 g/mol. The van der Waals surface area contributed by atoms with E-state index in [0.717, 1.165) is 26.1 Å². The predicted octanol–water partition coefficient (Wildman–Crippen LogP) is 1.79. The van der Waals surface area contributed by atoms with Gasteiger partial charge in [0.2, 0.25) is 0 Å². The zero-order valence-electron chi connectivity index (χ0n) is 12.2. The summed E-state index contributed by atoms with van der Waals surface area (Å²) >= 11 is 5.77. The fourth-order valence-corrected chi connectivity index (χ4v) is 2.74. The summed E-state index contributed by atoms with van der Waals surface area (Å²) in [6.07, 6.45) is 0.910. The number of hydrogen-bond donors (Lipinski definition) is 1. The van der Waals surface area contributed by atoms with E-state index >= 15 is 0 Å². The first kappa shape index (κ1) is 15.9. The first-order valence-electron chi connectivity index (χ1n) is 7.10. The highest BCUT2D eigenvalue weighted by Gasteiger charge is 2.22. The average molecular weight is 313 g/mol. The zero-order valence-corrected chi connectivity index (χ0v) is 13.0. The van der Waals surface area contributed by atoms with Crippen molar-refractivity contribution in [3.63, 3.8) is 0 Å². The molecule has 1 aliphatic rings. The van der Waals surface area contributed by atoms with Crippen LogP contribution in [0.1, 0.15) is 16.8 Å². The Hall–Kier alpha value is -1.46. The molecule has 6 heteroatoms. The van der Waals surface area contributed by atoms with E-state index < -0.39 is 0 Å². The Morgan fingerprint density at radius 3 is 2.86 bits per heavy atom. The van der Waals surface area contributed by atoms with E-state index in [2.05, 4.69) is 4.90 Å². The minimum atomic E-state index is -0.154. The monoisotopic (exact) mass is 312 g/mol. The second-order valence-electron chi connectivity index (χ2n) is 5.06. The van der Waals surface area contributed by atoms with Gasteiger partial charge in [-0.25, -0.2) is 0 Å². The molecule has 0 radical (unpaired) electrons. The molecule has 0 unspecified atom stereocenters. The third-order valence-corrected chi connectivity index (χ3v) is 3.88. The van der Waals surface area contributed by atoms with Gasteiger partial charge in [-0.05, 0) is 31.2 Å².